The van der Waals surface area contributed by atoms with Gasteiger partial charge in [0.1, 0.15) is 5.82 Å². The predicted molar refractivity (Wildman–Crippen MR) is 76.5 cm³/mol. The third-order valence-electron chi connectivity index (χ3n) is 3.40. The molecule has 0 aromatic carbocycles. The van der Waals surface area contributed by atoms with E-state index in [2.05, 4.69) is 29.1 Å². The monoisotopic (exact) mass is 246 g/mol. The topological polar surface area (TPSA) is 66.2 Å². The van der Waals surface area contributed by atoms with Crippen molar-refractivity contribution in [2.45, 2.75) is 39.5 Å². The van der Waals surface area contributed by atoms with Crippen molar-refractivity contribution in [1.82, 2.24) is 10.3 Å². The standard InChI is InChI=1S/C14H22N4/c1-3-5-10(6-4-2)12(15)13-11-7-8-16-14(11)18-9-17-13/h7-10,16H,3-6,15H2,1-2H3,(H,17,18)/b13-12-. The fourth-order valence-corrected chi connectivity index (χ4v) is 2.50. The molecule has 0 saturated carbocycles. The van der Waals surface area contributed by atoms with Gasteiger partial charge in [-0.2, -0.15) is 0 Å². The van der Waals surface area contributed by atoms with Crippen LogP contribution in [0.1, 0.15) is 45.1 Å². The first kappa shape index (κ1) is 12.7. The van der Waals surface area contributed by atoms with Gasteiger partial charge in [0, 0.05) is 23.4 Å². The summed E-state index contributed by atoms with van der Waals surface area (Å²) in [5.74, 6) is 1.34. The van der Waals surface area contributed by atoms with Crippen molar-refractivity contribution in [2.75, 3.05) is 0 Å². The van der Waals surface area contributed by atoms with Gasteiger partial charge in [-0.25, -0.2) is 4.99 Å². The fraction of sp³-hybridized carbons (Fsp3) is 0.500. The number of H-pyrrole nitrogens is 1. The Kier molecular flexibility index (Phi) is 4.07. The number of nitrogens with one attached hydrogen (secondary N) is 2. The molecular weight excluding hydrogens is 224 g/mol. The number of hydrogen-bond donors (Lipinski definition) is 3. The molecule has 98 valence electrons. The van der Waals surface area contributed by atoms with Crippen molar-refractivity contribution in [3.8, 4) is 0 Å². The van der Waals surface area contributed by atoms with Crippen molar-refractivity contribution in [3.63, 3.8) is 0 Å². The van der Waals surface area contributed by atoms with Crippen LogP contribution in [0.4, 0.5) is 5.82 Å². The molecule has 0 fully saturated rings. The lowest BCUT2D eigenvalue weighted by Crippen LogP contribution is -2.22. The number of rotatable bonds is 5. The van der Waals surface area contributed by atoms with Crippen LogP contribution < -0.4 is 11.1 Å². The number of hydrogen-bond acceptors (Lipinski definition) is 3. The maximum atomic E-state index is 6.38. The Morgan fingerprint density at radius 2 is 2.06 bits per heavy atom. The minimum atomic E-state index is 0.455. The van der Waals surface area contributed by atoms with Crippen LogP contribution in [-0.2, 0) is 0 Å². The lowest BCUT2D eigenvalue weighted by atomic mass is 9.92. The Balaban J connectivity index is 2.32. The van der Waals surface area contributed by atoms with Gasteiger partial charge in [-0.15, -0.1) is 0 Å². The van der Waals surface area contributed by atoms with E-state index in [0.29, 0.717) is 5.92 Å². The molecule has 0 spiro atoms. The summed E-state index contributed by atoms with van der Waals surface area (Å²) in [4.78, 5) is 7.37. The normalized spacial score (nSPS) is 16.6. The van der Waals surface area contributed by atoms with Crippen molar-refractivity contribution >= 4 is 17.9 Å². The largest absolute Gasteiger partial charge is 0.400 e. The second-order valence-corrected chi connectivity index (χ2v) is 4.75. The maximum Gasteiger partial charge on any atom is 0.141 e. The van der Waals surface area contributed by atoms with Gasteiger partial charge < -0.3 is 16.0 Å². The quantitative estimate of drug-likeness (QED) is 0.747. The molecule has 4 N–H and O–H groups in total. The molecule has 1 aliphatic heterocycles. The molecule has 0 aliphatic carbocycles. The molecule has 4 nitrogen and oxygen atoms in total. The average Bonchev–Trinajstić information content (AvgIpc) is 2.85. The highest BCUT2D eigenvalue weighted by molar-refractivity contribution is 5.87. The van der Waals surface area contributed by atoms with E-state index >= 15 is 0 Å². The second-order valence-electron chi connectivity index (χ2n) is 4.75. The van der Waals surface area contributed by atoms with Gasteiger partial charge in [-0.05, 0) is 18.9 Å². The smallest absolute Gasteiger partial charge is 0.141 e. The summed E-state index contributed by atoms with van der Waals surface area (Å²) < 4.78 is 0. The SMILES string of the molecule is CCCC(CCC)/C(N)=C1/NC=Nc2[nH]ccc21. The third-order valence-corrected chi connectivity index (χ3v) is 3.40. The van der Waals surface area contributed by atoms with Gasteiger partial charge in [-0.3, -0.25) is 0 Å². The Bertz CT molecular complexity index is 450. The van der Waals surface area contributed by atoms with E-state index in [1.807, 2.05) is 12.3 Å². The van der Waals surface area contributed by atoms with Gasteiger partial charge in [0.05, 0.1) is 12.0 Å². The maximum absolute atomic E-state index is 6.38. The fourth-order valence-electron chi connectivity index (χ4n) is 2.50. The highest BCUT2D eigenvalue weighted by atomic mass is 15.0. The summed E-state index contributed by atoms with van der Waals surface area (Å²) in [6, 6.07) is 2.02. The van der Waals surface area contributed by atoms with Gasteiger partial charge in [0.2, 0.25) is 0 Å². The second kappa shape index (κ2) is 5.76. The first-order valence-corrected chi connectivity index (χ1v) is 6.74. The van der Waals surface area contributed by atoms with E-state index in [0.717, 1.165) is 48.5 Å². The van der Waals surface area contributed by atoms with Crippen molar-refractivity contribution in [2.24, 2.45) is 16.6 Å². The van der Waals surface area contributed by atoms with E-state index in [9.17, 15) is 0 Å². The zero-order valence-electron chi connectivity index (χ0n) is 11.2. The summed E-state index contributed by atoms with van der Waals surface area (Å²) in [7, 11) is 0. The van der Waals surface area contributed by atoms with Crippen molar-refractivity contribution in [1.29, 1.82) is 0 Å². The minimum Gasteiger partial charge on any atom is -0.400 e. The molecule has 0 amide bonds. The lowest BCUT2D eigenvalue weighted by molar-refractivity contribution is 0.500. The highest BCUT2D eigenvalue weighted by Crippen LogP contribution is 2.31. The Morgan fingerprint density at radius 3 is 2.72 bits per heavy atom. The molecule has 0 unspecified atom stereocenters. The first-order valence-electron chi connectivity index (χ1n) is 6.74. The van der Waals surface area contributed by atoms with Crippen LogP contribution in [0.2, 0.25) is 0 Å². The molecule has 0 bridgehead atoms. The molecule has 2 heterocycles. The minimum absolute atomic E-state index is 0.455. The molecule has 0 atom stereocenters. The Labute approximate surface area is 108 Å². The summed E-state index contributed by atoms with van der Waals surface area (Å²) in [5.41, 5.74) is 9.44. The molecule has 0 saturated heterocycles. The molecule has 2 rings (SSSR count). The molecule has 1 aromatic heterocycles. The molecular formula is C14H22N4. The summed E-state index contributed by atoms with van der Waals surface area (Å²) in [6.07, 6.45) is 8.20. The van der Waals surface area contributed by atoms with E-state index in [-0.39, 0.29) is 0 Å². The molecule has 18 heavy (non-hydrogen) atoms. The van der Waals surface area contributed by atoms with Gasteiger partial charge >= 0.3 is 0 Å². The van der Waals surface area contributed by atoms with Gasteiger partial charge in [0.25, 0.3) is 0 Å². The first-order chi connectivity index (χ1) is 8.77. The average molecular weight is 246 g/mol. The van der Waals surface area contributed by atoms with E-state index in [1.165, 1.54) is 0 Å². The predicted octanol–water partition coefficient (Wildman–Crippen LogP) is 3.12. The van der Waals surface area contributed by atoms with Crippen LogP contribution >= 0.6 is 0 Å². The van der Waals surface area contributed by atoms with Crippen LogP contribution in [0.25, 0.3) is 5.70 Å². The summed E-state index contributed by atoms with van der Waals surface area (Å²) >= 11 is 0. The van der Waals surface area contributed by atoms with Gasteiger partial charge in [0.15, 0.2) is 0 Å². The van der Waals surface area contributed by atoms with E-state index in [4.69, 9.17) is 5.73 Å². The number of aromatic nitrogens is 1. The Morgan fingerprint density at radius 1 is 1.33 bits per heavy atom. The van der Waals surface area contributed by atoms with Crippen LogP contribution in [0.15, 0.2) is 23.0 Å². The number of aromatic amines is 1. The number of allylic oxidation sites excluding steroid dienone is 1. The zero-order valence-corrected chi connectivity index (χ0v) is 11.2. The van der Waals surface area contributed by atoms with Crippen molar-refractivity contribution < 1.29 is 0 Å². The van der Waals surface area contributed by atoms with E-state index < -0.39 is 0 Å². The molecule has 0 radical (unpaired) electrons. The highest BCUT2D eigenvalue weighted by Gasteiger charge is 2.19. The summed E-state index contributed by atoms with van der Waals surface area (Å²) in [6.45, 7) is 4.41. The molecule has 1 aliphatic rings. The molecule has 1 aromatic rings. The number of aliphatic imine (C=N–C) groups is 1. The van der Waals surface area contributed by atoms with Gasteiger partial charge in [-0.1, -0.05) is 26.7 Å². The number of nitrogens with two attached hydrogens (primary N) is 1. The van der Waals surface area contributed by atoms with Crippen molar-refractivity contribution in [3.05, 3.63) is 23.5 Å². The number of fused-ring (bicyclic) bond motifs is 1. The number of nitrogens with zero attached hydrogens (tertiary/aromatic N) is 1. The van der Waals surface area contributed by atoms with E-state index in [1.54, 1.807) is 6.34 Å². The summed E-state index contributed by atoms with van der Waals surface area (Å²) in [5, 5.41) is 3.20. The van der Waals surface area contributed by atoms with Crippen LogP contribution in [-0.4, -0.2) is 11.3 Å². The van der Waals surface area contributed by atoms with Crippen LogP contribution in [0.5, 0.6) is 0 Å². The Hall–Kier alpha value is -1.71. The van der Waals surface area contributed by atoms with Crippen LogP contribution in [0.3, 0.4) is 0 Å². The third kappa shape index (κ3) is 2.42. The lowest BCUT2D eigenvalue weighted by Gasteiger charge is -2.21. The zero-order chi connectivity index (χ0) is 13.0. The van der Waals surface area contributed by atoms with Crippen LogP contribution in [0, 0.1) is 5.92 Å². The molecule has 4 heteroatoms.